The number of hydrogen-bond donors (Lipinski definition) is 0. The number of para-hydroxylation sites is 1. The normalized spacial score (nSPS) is 10.8. The van der Waals surface area contributed by atoms with Gasteiger partial charge in [-0.05, 0) is 61.2 Å². The molecule has 0 N–H and O–H groups in total. The van der Waals surface area contributed by atoms with Gasteiger partial charge in [0.05, 0.1) is 13.2 Å². The minimum atomic E-state index is -0.353. The van der Waals surface area contributed by atoms with Crippen molar-refractivity contribution in [3.05, 3.63) is 90.0 Å². The average Bonchev–Trinajstić information content (AvgIpc) is 2.82. The zero-order valence-electron chi connectivity index (χ0n) is 17.9. The zero-order valence-corrected chi connectivity index (χ0v) is 17.9. The van der Waals surface area contributed by atoms with E-state index in [0.717, 1.165) is 32.5 Å². The Bertz CT molecular complexity index is 920. The quantitative estimate of drug-likeness (QED) is 0.324. The predicted octanol–water partition coefficient (Wildman–Crippen LogP) is 4.17. The molecule has 0 amide bonds. The van der Waals surface area contributed by atoms with E-state index in [9.17, 15) is 4.79 Å². The van der Waals surface area contributed by atoms with Crippen LogP contribution in [0.1, 0.15) is 34.8 Å². The Morgan fingerprint density at radius 1 is 0.935 bits per heavy atom. The summed E-state index contributed by atoms with van der Waals surface area (Å²) in [4.78, 5) is 22.8. The van der Waals surface area contributed by atoms with E-state index < -0.39 is 0 Å². The van der Waals surface area contributed by atoms with Gasteiger partial charge in [0, 0.05) is 44.4 Å². The smallest absolute Gasteiger partial charge is 0.341 e. The van der Waals surface area contributed by atoms with E-state index in [4.69, 9.17) is 9.47 Å². The Balaban J connectivity index is 1.54. The summed E-state index contributed by atoms with van der Waals surface area (Å²) < 4.78 is 11.0. The summed E-state index contributed by atoms with van der Waals surface area (Å²) in [5, 5.41) is 0. The van der Waals surface area contributed by atoms with Crippen molar-refractivity contribution in [3.8, 4) is 5.75 Å². The molecule has 0 fully saturated rings. The average molecular weight is 420 g/mol. The molecule has 3 aromatic rings. The molecule has 1 aromatic carbocycles. The summed E-state index contributed by atoms with van der Waals surface area (Å²) >= 11 is 0. The van der Waals surface area contributed by atoms with Gasteiger partial charge in [-0.2, -0.15) is 0 Å². The maximum Gasteiger partial charge on any atom is 0.341 e. The highest BCUT2D eigenvalue weighted by Crippen LogP contribution is 2.19. The molecule has 0 saturated heterocycles. The number of rotatable bonds is 12. The third-order valence-corrected chi connectivity index (χ3v) is 4.85. The van der Waals surface area contributed by atoms with E-state index >= 15 is 0 Å². The first-order valence-corrected chi connectivity index (χ1v) is 10.7. The lowest BCUT2D eigenvalue weighted by Gasteiger charge is -2.22. The van der Waals surface area contributed by atoms with Crippen LogP contribution in [0.4, 0.5) is 0 Å². The molecule has 0 aliphatic heterocycles. The van der Waals surface area contributed by atoms with Crippen molar-refractivity contribution in [2.45, 2.75) is 26.3 Å². The maximum atomic E-state index is 12.1. The van der Waals surface area contributed by atoms with Crippen molar-refractivity contribution in [2.75, 3.05) is 26.3 Å². The third kappa shape index (κ3) is 7.50. The highest BCUT2D eigenvalue weighted by molar-refractivity contribution is 5.92. The zero-order chi connectivity index (χ0) is 21.7. The summed E-state index contributed by atoms with van der Waals surface area (Å²) in [5.74, 6) is 0.214. The number of nitrogens with zero attached hydrogens (tertiary/aromatic N) is 3. The molecule has 6 heteroatoms. The first-order valence-electron chi connectivity index (χ1n) is 10.7. The second-order valence-corrected chi connectivity index (χ2v) is 7.16. The molecule has 0 radical (unpaired) electrons. The van der Waals surface area contributed by atoms with Gasteiger partial charge in [0.15, 0.2) is 0 Å². The van der Waals surface area contributed by atoms with Crippen molar-refractivity contribution in [3.63, 3.8) is 0 Å². The third-order valence-electron chi connectivity index (χ3n) is 4.85. The topological polar surface area (TPSA) is 64.6 Å². The fourth-order valence-corrected chi connectivity index (χ4v) is 3.29. The summed E-state index contributed by atoms with van der Waals surface area (Å²) in [6.45, 7) is 5.31. The van der Waals surface area contributed by atoms with Crippen LogP contribution in [0.5, 0.6) is 5.75 Å². The number of ether oxygens (including phenoxy) is 2. The number of carbonyl (C=O) groups is 1. The van der Waals surface area contributed by atoms with Crippen molar-refractivity contribution in [1.29, 1.82) is 0 Å². The van der Waals surface area contributed by atoms with Crippen LogP contribution in [0.3, 0.4) is 0 Å². The molecule has 0 unspecified atom stereocenters. The van der Waals surface area contributed by atoms with Crippen LogP contribution in [0.2, 0.25) is 0 Å². The van der Waals surface area contributed by atoms with Gasteiger partial charge in [-0.3, -0.25) is 14.9 Å². The SMILES string of the molecule is CCOC(=O)c1ccccc1OCCCN(CCc1cccnc1)Cc1ccncc1. The van der Waals surface area contributed by atoms with Gasteiger partial charge in [0.2, 0.25) is 0 Å². The number of pyridine rings is 2. The van der Waals surface area contributed by atoms with Gasteiger partial charge < -0.3 is 9.47 Å². The minimum Gasteiger partial charge on any atom is -0.493 e. The molecule has 0 spiro atoms. The maximum absolute atomic E-state index is 12.1. The second-order valence-electron chi connectivity index (χ2n) is 7.16. The van der Waals surface area contributed by atoms with Gasteiger partial charge in [-0.25, -0.2) is 4.79 Å². The first-order chi connectivity index (χ1) is 15.3. The van der Waals surface area contributed by atoms with E-state index in [1.807, 2.05) is 55.0 Å². The second kappa shape index (κ2) is 12.4. The van der Waals surface area contributed by atoms with Crippen LogP contribution in [0.15, 0.2) is 73.3 Å². The van der Waals surface area contributed by atoms with E-state index in [0.29, 0.717) is 24.5 Å². The molecular weight excluding hydrogens is 390 g/mol. The standard InChI is InChI=1S/C25H29N3O3/c1-2-30-25(29)23-8-3-4-9-24(23)31-18-6-16-28(20-22-10-14-26-15-11-22)17-12-21-7-5-13-27-19-21/h3-5,7-11,13-15,19H,2,6,12,16-18,20H2,1H3. The highest BCUT2D eigenvalue weighted by Gasteiger charge is 2.13. The lowest BCUT2D eigenvalue weighted by atomic mass is 10.2. The molecule has 0 saturated carbocycles. The van der Waals surface area contributed by atoms with Gasteiger partial charge in [0.1, 0.15) is 11.3 Å². The van der Waals surface area contributed by atoms with E-state index in [2.05, 4.69) is 20.9 Å². The Kier molecular flexibility index (Phi) is 9.01. The number of carbonyl (C=O) groups excluding carboxylic acids is 1. The number of aromatic nitrogens is 2. The summed E-state index contributed by atoms with van der Waals surface area (Å²) in [5.41, 5.74) is 2.92. The molecule has 0 aliphatic carbocycles. The summed E-state index contributed by atoms with van der Waals surface area (Å²) in [6, 6.07) is 15.4. The largest absolute Gasteiger partial charge is 0.493 e. The number of benzene rings is 1. The van der Waals surface area contributed by atoms with Crippen LogP contribution in [-0.2, 0) is 17.7 Å². The van der Waals surface area contributed by atoms with Crippen LogP contribution < -0.4 is 4.74 Å². The molecule has 162 valence electrons. The Morgan fingerprint density at radius 2 is 1.77 bits per heavy atom. The first kappa shape index (κ1) is 22.4. The molecule has 2 aromatic heterocycles. The molecule has 0 bridgehead atoms. The number of esters is 1. The molecule has 3 rings (SSSR count). The lowest BCUT2D eigenvalue weighted by Crippen LogP contribution is -2.28. The number of hydrogen-bond acceptors (Lipinski definition) is 6. The Morgan fingerprint density at radius 3 is 2.55 bits per heavy atom. The van der Waals surface area contributed by atoms with Crippen LogP contribution in [0, 0.1) is 0 Å². The van der Waals surface area contributed by atoms with Crippen LogP contribution in [-0.4, -0.2) is 47.1 Å². The lowest BCUT2D eigenvalue weighted by molar-refractivity contribution is 0.0521. The Labute approximate surface area is 183 Å². The molecule has 31 heavy (non-hydrogen) atoms. The fraction of sp³-hybridized carbons (Fsp3) is 0.320. The monoisotopic (exact) mass is 419 g/mol. The van der Waals surface area contributed by atoms with Gasteiger partial charge in [-0.1, -0.05) is 18.2 Å². The Hall–Kier alpha value is -3.25. The minimum absolute atomic E-state index is 0.341. The summed E-state index contributed by atoms with van der Waals surface area (Å²) in [7, 11) is 0. The van der Waals surface area contributed by atoms with Crippen LogP contribution >= 0.6 is 0 Å². The van der Waals surface area contributed by atoms with Crippen molar-refractivity contribution in [1.82, 2.24) is 14.9 Å². The molecule has 6 nitrogen and oxygen atoms in total. The molecular formula is C25H29N3O3. The predicted molar refractivity (Wildman–Crippen MR) is 120 cm³/mol. The molecule has 0 atom stereocenters. The van der Waals surface area contributed by atoms with Crippen molar-refractivity contribution >= 4 is 5.97 Å². The molecule has 2 heterocycles. The van der Waals surface area contributed by atoms with E-state index in [-0.39, 0.29) is 5.97 Å². The van der Waals surface area contributed by atoms with Gasteiger partial charge in [-0.15, -0.1) is 0 Å². The fourth-order valence-electron chi connectivity index (χ4n) is 3.29. The molecule has 0 aliphatic rings. The van der Waals surface area contributed by atoms with E-state index in [1.54, 1.807) is 19.2 Å². The summed E-state index contributed by atoms with van der Waals surface area (Å²) in [6.07, 6.45) is 9.14. The van der Waals surface area contributed by atoms with Gasteiger partial charge >= 0.3 is 5.97 Å². The van der Waals surface area contributed by atoms with Crippen molar-refractivity contribution < 1.29 is 14.3 Å². The van der Waals surface area contributed by atoms with Crippen molar-refractivity contribution in [2.24, 2.45) is 0 Å². The van der Waals surface area contributed by atoms with Gasteiger partial charge in [0.25, 0.3) is 0 Å². The van der Waals surface area contributed by atoms with E-state index in [1.165, 1.54) is 11.1 Å². The highest BCUT2D eigenvalue weighted by atomic mass is 16.5. The van der Waals surface area contributed by atoms with Crippen LogP contribution in [0.25, 0.3) is 0 Å².